The molecule has 0 aliphatic carbocycles. The molecule has 0 fully saturated rings. The van der Waals surface area contributed by atoms with Crippen LogP contribution in [0.25, 0.3) is 16.7 Å². The second-order valence-corrected chi connectivity index (χ2v) is 6.26. The Labute approximate surface area is 141 Å². The van der Waals surface area contributed by atoms with Gasteiger partial charge in [-0.1, -0.05) is 18.6 Å². The Bertz CT molecular complexity index is 940. The molecule has 1 N–H and O–H groups in total. The van der Waals surface area contributed by atoms with Crippen LogP contribution in [0.3, 0.4) is 0 Å². The van der Waals surface area contributed by atoms with E-state index in [1.54, 1.807) is 4.68 Å². The average Bonchev–Trinajstić information content (AvgIpc) is 2.88. The molecule has 2 aromatic heterocycles. The highest BCUT2D eigenvalue weighted by molar-refractivity contribution is 5.90. The topological polar surface area (TPSA) is 59.8 Å². The number of carbonyl (C=O) groups is 1. The van der Waals surface area contributed by atoms with Crippen molar-refractivity contribution in [2.75, 3.05) is 5.32 Å². The zero-order valence-electron chi connectivity index (χ0n) is 14.8. The predicted octanol–water partition coefficient (Wildman–Crippen LogP) is 4.00. The van der Waals surface area contributed by atoms with E-state index >= 15 is 0 Å². The van der Waals surface area contributed by atoms with Crippen LogP contribution in [0.5, 0.6) is 0 Å². The molecular formula is C19H22N4O. The third kappa shape index (κ3) is 2.89. The van der Waals surface area contributed by atoms with Crippen molar-refractivity contribution in [3.63, 3.8) is 0 Å². The van der Waals surface area contributed by atoms with Crippen molar-refractivity contribution >= 4 is 22.6 Å². The highest BCUT2D eigenvalue weighted by Crippen LogP contribution is 2.25. The van der Waals surface area contributed by atoms with Crippen molar-refractivity contribution in [1.29, 1.82) is 0 Å². The van der Waals surface area contributed by atoms with Crippen molar-refractivity contribution in [3.8, 4) is 5.82 Å². The molecular weight excluding hydrogens is 300 g/mol. The Morgan fingerprint density at radius 1 is 1.08 bits per heavy atom. The van der Waals surface area contributed by atoms with Gasteiger partial charge >= 0.3 is 0 Å². The van der Waals surface area contributed by atoms with Gasteiger partial charge in [-0.2, -0.15) is 9.78 Å². The van der Waals surface area contributed by atoms with Crippen LogP contribution in [0.4, 0.5) is 5.82 Å². The molecule has 0 saturated heterocycles. The number of anilines is 1. The van der Waals surface area contributed by atoms with Gasteiger partial charge in [-0.25, -0.2) is 4.98 Å². The first kappa shape index (κ1) is 16.2. The summed E-state index contributed by atoms with van der Waals surface area (Å²) in [5.74, 6) is 1.32. The Kier molecular flexibility index (Phi) is 4.09. The second kappa shape index (κ2) is 6.07. The fourth-order valence-electron chi connectivity index (χ4n) is 2.93. The van der Waals surface area contributed by atoms with Gasteiger partial charge in [0, 0.05) is 17.9 Å². The molecule has 0 aliphatic rings. The molecule has 1 amide bonds. The number of pyridine rings is 1. The maximum absolute atomic E-state index is 11.8. The zero-order chi connectivity index (χ0) is 17.4. The average molecular weight is 322 g/mol. The molecule has 0 unspecified atom stereocenters. The van der Waals surface area contributed by atoms with Gasteiger partial charge in [0.05, 0.1) is 11.2 Å². The summed E-state index contributed by atoms with van der Waals surface area (Å²) in [4.78, 5) is 16.6. The van der Waals surface area contributed by atoms with Gasteiger partial charge in [-0.3, -0.25) is 4.79 Å². The molecule has 0 aliphatic heterocycles. The van der Waals surface area contributed by atoms with E-state index in [0.717, 1.165) is 27.7 Å². The van der Waals surface area contributed by atoms with E-state index in [-0.39, 0.29) is 5.91 Å². The number of carbonyl (C=O) groups excluding carboxylic acids is 1. The maximum atomic E-state index is 11.8. The molecule has 0 atom stereocenters. The predicted molar refractivity (Wildman–Crippen MR) is 96.7 cm³/mol. The Morgan fingerprint density at radius 2 is 1.83 bits per heavy atom. The maximum Gasteiger partial charge on any atom is 0.225 e. The zero-order valence-corrected chi connectivity index (χ0v) is 14.8. The number of nitrogens with zero attached hydrogens (tertiary/aromatic N) is 3. The molecule has 5 heteroatoms. The second-order valence-electron chi connectivity index (χ2n) is 6.26. The lowest BCUT2D eigenvalue weighted by Crippen LogP contribution is -2.14. The van der Waals surface area contributed by atoms with Gasteiger partial charge in [0.25, 0.3) is 0 Å². The summed E-state index contributed by atoms with van der Waals surface area (Å²) in [7, 11) is 0. The summed E-state index contributed by atoms with van der Waals surface area (Å²) in [5, 5.41) is 8.55. The lowest BCUT2D eigenvalue weighted by atomic mass is 10.0. The van der Waals surface area contributed by atoms with Gasteiger partial charge in [0.15, 0.2) is 5.82 Å². The van der Waals surface area contributed by atoms with E-state index in [2.05, 4.69) is 43.3 Å². The van der Waals surface area contributed by atoms with Crippen LogP contribution >= 0.6 is 0 Å². The fourth-order valence-corrected chi connectivity index (χ4v) is 2.93. The summed E-state index contributed by atoms with van der Waals surface area (Å²) in [6, 6.07) is 8.15. The Hall–Kier alpha value is -2.69. The summed E-state index contributed by atoms with van der Waals surface area (Å²) in [5.41, 5.74) is 5.31. The minimum absolute atomic E-state index is 0.0412. The lowest BCUT2D eigenvalue weighted by Gasteiger charge is -2.12. The standard InChI is InChI=1S/C19H22N4O/c1-6-18(24)20-17-10-14(5)22-23(17)16-9-12(3)15-8-11(2)7-13(4)19(15)21-16/h7-10H,6H2,1-5H3,(H,20,24). The normalized spacial score (nSPS) is 11.0. The highest BCUT2D eigenvalue weighted by Gasteiger charge is 2.13. The van der Waals surface area contributed by atoms with Crippen molar-refractivity contribution in [3.05, 3.63) is 46.6 Å². The molecule has 0 bridgehead atoms. The Balaban J connectivity index is 2.19. The van der Waals surface area contributed by atoms with Gasteiger partial charge < -0.3 is 5.32 Å². The van der Waals surface area contributed by atoms with Crippen LogP contribution in [0.1, 0.15) is 35.7 Å². The van der Waals surface area contributed by atoms with Crippen LogP contribution in [0.2, 0.25) is 0 Å². The van der Waals surface area contributed by atoms with Crippen molar-refractivity contribution in [2.24, 2.45) is 0 Å². The summed E-state index contributed by atoms with van der Waals surface area (Å²) >= 11 is 0. The molecule has 24 heavy (non-hydrogen) atoms. The first-order valence-electron chi connectivity index (χ1n) is 8.14. The third-order valence-electron chi connectivity index (χ3n) is 4.08. The van der Waals surface area contributed by atoms with Crippen molar-refractivity contribution in [1.82, 2.24) is 14.8 Å². The van der Waals surface area contributed by atoms with Crippen molar-refractivity contribution < 1.29 is 4.79 Å². The smallest absolute Gasteiger partial charge is 0.225 e. The number of aromatic nitrogens is 3. The van der Waals surface area contributed by atoms with Crippen LogP contribution in [-0.4, -0.2) is 20.7 Å². The van der Waals surface area contributed by atoms with Crippen LogP contribution < -0.4 is 5.32 Å². The summed E-state index contributed by atoms with van der Waals surface area (Å²) in [6.45, 7) is 9.97. The van der Waals surface area contributed by atoms with Gasteiger partial charge in [-0.05, 0) is 51.0 Å². The van der Waals surface area contributed by atoms with E-state index in [1.165, 1.54) is 5.56 Å². The van der Waals surface area contributed by atoms with E-state index in [4.69, 9.17) is 4.98 Å². The van der Waals surface area contributed by atoms with E-state index in [0.29, 0.717) is 18.1 Å². The largest absolute Gasteiger partial charge is 0.311 e. The fraction of sp³-hybridized carbons (Fsp3) is 0.316. The van der Waals surface area contributed by atoms with Gasteiger partial charge in [-0.15, -0.1) is 0 Å². The molecule has 3 aromatic rings. The van der Waals surface area contributed by atoms with Gasteiger partial charge in [0.1, 0.15) is 5.82 Å². The first-order chi connectivity index (χ1) is 11.4. The molecule has 0 radical (unpaired) electrons. The highest BCUT2D eigenvalue weighted by atomic mass is 16.1. The quantitative estimate of drug-likeness (QED) is 0.793. The first-order valence-corrected chi connectivity index (χ1v) is 8.14. The monoisotopic (exact) mass is 322 g/mol. The van der Waals surface area contributed by atoms with E-state index in [1.807, 2.05) is 26.0 Å². The van der Waals surface area contributed by atoms with Crippen LogP contribution in [-0.2, 0) is 4.79 Å². The van der Waals surface area contributed by atoms with Crippen molar-refractivity contribution in [2.45, 2.75) is 41.0 Å². The minimum atomic E-state index is -0.0412. The molecule has 5 nitrogen and oxygen atoms in total. The molecule has 3 rings (SSSR count). The molecule has 0 spiro atoms. The summed E-state index contributed by atoms with van der Waals surface area (Å²) in [6.07, 6.45) is 0.423. The number of aryl methyl sites for hydroxylation is 4. The molecule has 1 aromatic carbocycles. The van der Waals surface area contributed by atoms with E-state index < -0.39 is 0 Å². The number of hydrogen-bond acceptors (Lipinski definition) is 3. The number of rotatable bonds is 3. The number of benzene rings is 1. The molecule has 124 valence electrons. The van der Waals surface area contributed by atoms with Crippen LogP contribution in [0.15, 0.2) is 24.3 Å². The number of fused-ring (bicyclic) bond motifs is 1. The molecule has 0 saturated carbocycles. The number of nitrogens with one attached hydrogen (secondary N) is 1. The minimum Gasteiger partial charge on any atom is -0.311 e. The Morgan fingerprint density at radius 3 is 2.54 bits per heavy atom. The third-order valence-corrected chi connectivity index (χ3v) is 4.08. The number of hydrogen-bond donors (Lipinski definition) is 1. The van der Waals surface area contributed by atoms with Gasteiger partial charge in [0.2, 0.25) is 5.91 Å². The lowest BCUT2D eigenvalue weighted by molar-refractivity contribution is -0.115. The summed E-state index contributed by atoms with van der Waals surface area (Å²) < 4.78 is 1.70. The SMILES string of the molecule is CCC(=O)Nc1cc(C)nn1-c1cc(C)c2cc(C)cc(C)c2n1. The number of amides is 1. The van der Waals surface area contributed by atoms with E-state index in [9.17, 15) is 4.79 Å². The van der Waals surface area contributed by atoms with Crippen LogP contribution in [0, 0.1) is 27.7 Å². The molecule has 2 heterocycles.